The third-order valence-corrected chi connectivity index (χ3v) is 6.50. The predicted molar refractivity (Wildman–Crippen MR) is 165 cm³/mol. The van der Waals surface area contributed by atoms with Crippen LogP contribution in [0.4, 0.5) is 0 Å². The molecule has 0 radical (unpaired) electrons. The number of hydrogen-bond donors (Lipinski definition) is 1. The van der Waals surface area contributed by atoms with Crippen molar-refractivity contribution in [3.8, 4) is 17.2 Å². The number of nitrogens with one attached hydrogen (secondary N) is 1. The van der Waals surface area contributed by atoms with E-state index in [1.54, 1.807) is 12.1 Å². The van der Waals surface area contributed by atoms with Crippen LogP contribution in [-0.2, 0) is 19.8 Å². The Morgan fingerprint density at radius 3 is 1.43 bits per heavy atom. The first-order valence-corrected chi connectivity index (χ1v) is 13.7. The molecular weight excluding hydrogens is 524 g/mol. The molecule has 0 aliphatic rings. The van der Waals surface area contributed by atoms with E-state index < -0.39 is 5.91 Å². The monoisotopic (exact) mass is 556 g/mol. The summed E-state index contributed by atoms with van der Waals surface area (Å²) < 4.78 is 18.9. The molecular formula is C36H32N2O4. The van der Waals surface area contributed by atoms with Gasteiger partial charge in [0.2, 0.25) is 5.75 Å². The summed E-state index contributed by atoms with van der Waals surface area (Å²) in [4.78, 5) is 13.4. The number of ether oxygens (including phenoxy) is 3. The van der Waals surface area contributed by atoms with Gasteiger partial charge in [0.1, 0.15) is 19.8 Å². The van der Waals surface area contributed by atoms with Gasteiger partial charge in [-0.3, -0.25) is 4.79 Å². The Labute approximate surface area is 246 Å². The molecule has 210 valence electrons. The Balaban J connectivity index is 1.47. The zero-order chi connectivity index (χ0) is 29.0. The predicted octanol–water partition coefficient (Wildman–Crippen LogP) is 7.58. The minimum absolute atomic E-state index is 0.289. The van der Waals surface area contributed by atoms with Crippen molar-refractivity contribution in [2.75, 3.05) is 0 Å². The summed E-state index contributed by atoms with van der Waals surface area (Å²) in [5, 5.41) is 4.32. The van der Waals surface area contributed by atoms with Crippen molar-refractivity contribution in [1.82, 2.24) is 5.43 Å². The smallest absolute Gasteiger partial charge is 0.271 e. The first-order chi connectivity index (χ1) is 20.7. The Hall–Kier alpha value is -5.36. The van der Waals surface area contributed by atoms with Crippen LogP contribution in [0.15, 0.2) is 139 Å². The lowest BCUT2D eigenvalue weighted by molar-refractivity contribution is 0.0953. The van der Waals surface area contributed by atoms with E-state index in [4.69, 9.17) is 14.2 Å². The molecule has 0 aliphatic carbocycles. The van der Waals surface area contributed by atoms with E-state index in [9.17, 15) is 4.79 Å². The highest BCUT2D eigenvalue weighted by Crippen LogP contribution is 2.40. The summed E-state index contributed by atoms with van der Waals surface area (Å²) in [6.07, 6.45) is 0. The molecule has 0 spiro atoms. The second-order valence-electron chi connectivity index (χ2n) is 9.63. The minimum atomic E-state index is -0.394. The second kappa shape index (κ2) is 14.3. The van der Waals surface area contributed by atoms with Crippen molar-refractivity contribution in [2.45, 2.75) is 26.7 Å². The van der Waals surface area contributed by atoms with E-state index in [-0.39, 0.29) is 13.2 Å². The zero-order valence-corrected chi connectivity index (χ0v) is 23.4. The first-order valence-electron chi connectivity index (χ1n) is 13.7. The van der Waals surface area contributed by atoms with Gasteiger partial charge in [-0.15, -0.1) is 0 Å². The van der Waals surface area contributed by atoms with E-state index >= 15 is 0 Å². The van der Waals surface area contributed by atoms with Gasteiger partial charge in [0, 0.05) is 5.56 Å². The minimum Gasteiger partial charge on any atom is -0.485 e. The van der Waals surface area contributed by atoms with E-state index in [0.29, 0.717) is 35.1 Å². The van der Waals surface area contributed by atoms with Crippen LogP contribution in [0.5, 0.6) is 17.2 Å². The van der Waals surface area contributed by atoms with Crippen LogP contribution in [0.2, 0.25) is 0 Å². The number of rotatable bonds is 12. The van der Waals surface area contributed by atoms with Gasteiger partial charge in [0.25, 0.3) is 5.91 Å². The molecule has 42 heavy (non-hydrogen) atoms. The maximum Gasteiger partial charge on any atom is 0.271 e. The van der Waals surface area contributed by atoms with Gasteiger partial charge in [0.15, 0.2) is 11.5 Å². The molecule has 0 atom stereocenters. The van der Waals surface area contributed by atoms with Gasteiger partial charge in [-0.2, -0.15) is 5.10 Å². The van der Waals surface area contributed by atoms with Crippen molar-refractivity contribution in [1.29, 1.82) is 0 Å². The highest BCUT2D eigenvalue weighted by molar-refractivity contribution is 6.01. The molecule has 0 aromatic heterocycles. The molecule has 0 bridgehead atoms. The Kier molecular flexibility index (Phi) is 9.61. The van der Waals surface area contributed by atoms with Gasteiger partial charge >= 0.3 is 0 Å². The molecule has 0 unspecified atom stereocenters. The Morgan fingerprint density at radius 2 is 0.976 bits per heavy atom. The Bertz CT molecular complexity index is 1540. The second-order valence-corrected chi connectivity index (χ2v) is 9.63. The largest absolute Gasteiger partial charge is 0.485 e. The molecule has 0 saturated carbocycles. The van der Waals surface area contributed by atoms with Crippen molar-refractivity contribution < 1.29 is 19.0 Å². The highest BCUT2D eigenvalue weighted by atomic mass is 16.5. The normalized spacial score (nSPS) is 11.0. The van der Waals surface area contributed by atoms with Crippen molar-refractivity contribution in [3.63, 3.8) is 0 Å². The van der Waals surface area contributed by atoms with E-state index in [1.807, 2.05) is 128 Å². The fraction of sp³-hybridized carbons (Fsp3) is 0.111. The molecule has 5 rings (SSSR count). The van der Waals surface area contributed by atoms with Crippen LogP contribution >= 0.6 is 0 Å². The van der Waals surface area contributed by atoms with Crippen molar-refractivity contribution in [3.05, 3.63) is 161 Å². The van der Waals surface area contributed by atoms with Gasteiger partial charge in [-0.25, -0.2) is 5.43 Å². The van der Waals surface area contributed by atoms with Crippen LogP contribution in [0.3, 0.4) is 0 Å². The standard InChI is InChI=1S/C36H32N2O4/c1-27(31-20-12-5-13-21-31)37-38-36(39)32-22-33(40-24-28-14-6-2-7-15-28)35(42-26-30-18-10-4-11-19-30)34(23-32)41-25-29-16-8-3-9-17-29/h2-23H,24-26H2,1H3,(H,38,39)/b37-27-. The fourth-order valence-electron chi connectivity index (χ4n) is 4.21. The number of nitrogens with zero attached hydrogens (tertiary/aromatic N) is 1. The summed E-state index contributed by atoms with van der Waals surface area (Å²) in [7, 11) is 0. The van der Waals surface area contributed by atoms with E-state index in [0.717, 1.165) is 22.3 Å². The van der Waals surface area contributed by atoms with Crippen LogP contribution in [0.1, 0.15) is 39.5 Å². The fourth-order valence-corrected chi connectivity index (χ4v) is 4.21. The van der Waals surface area contributed by atoms with Gasteiger partial charge in [0.05, 0.1) is 5.71 Å². The summed E-state index contributed by atoms with van der Waals surface area (Å²) in [5.74, 6) is 0.823. The van der Waals surface area contributed by atoms with Crippen molar-refractivity contribution in [2.24, 2.45) is 5.10 Å². The molecule has 0 aliphatic heterocycles. The average molecular weight is 557 g/mol. The summed E-state index contributed by atoms with van der Waals surface area (Å²) in [5.41, 5.74) is 7.57. The lowest BCUT2D eigenvalue weighted by Gasteiger charge is -2.19. The van der Waals surface area contributed by atoms with Crippen LogP contribution in [0, 0.1) is 0 Å². The third-order valence-electron chi connectivity index (χ3n) is 6.50. The molecule has 6 nitrogen and oxygen atoms in total. The van der Waals surface area contributed by atoms with Gasteiger partial charge < -0.3 is 14.2 Å². The molecule has 1 amide bonds. The van der Waals surface area contributed by atoms with E-state index in [1.165, 1.54) is 0 Å². The molecule has 6 heteroatoms. The molecule has 0 fully saturated rings. The van der Waals surface area contributed by atoms with Crippen LogP contribution in [-0.4, -0.2) is 11.6 Å². The zero-order valence-electron chi connectivity index (χ0n) is 23.4. The van der Waals surface area contributed by atoms with Crippen LogP contribution < -0.4 is 19.6 Å². The molecule has 5 aromatic carbocycles. The number of hydrogen-bond acceptors (Lipinski definition) is 5. The molecule has 0 saturated heterocycles. The topological polar surface area (TPSA) is 69.2 Å². The number of hydrazone groups is 1. The van der Waals surface area contributed by atoms with Crippen molar-refractivity contribution >= 4 is 11.6 Å². The number of carbonyl (C=O) groups is 1. The maximum atomic E-state index is 13.4. The van der Waals surface area contributed by atoms with Crippen LogP contribution in [0.25, 0.3) is 0 Å². The maximum absolute atomic E-state index is 13.4. The SMILES string of the molecule is C/C(=N/NC(=O)c1cc(OCc2ccccc2)c(OCc2ccccc2)c(OCc2ccccc2)c1)c1ccccc1. The molecule has 5 aromatic rings. The lowest BCUT2D eigenvalue weighted by Crippen LogP contribution is -2.20. The summed E-state index contributed by atoms with van der Waals surface area (Å²) >= 11 is 0. The Morgan fingerprint density at radius 1 is 0.571 bits per heavy atom. The first kappa shape index (κ1) is 28.2. The lowest BCUT2D eigenvalue weighted by atomic mass is 10.1. The summed E-state index contributed by atoms with van der Waals surface area (Å²) in [6.45, 7) is 2.73. The third kappa shape index (κ3) is 7.86. The highest BCUT2D eigenvalue weighted by Gasteiger charge is 2.20. The number of amides is 1. The van der Waals surface area contributed by atoms with Gasteiger partial charge in [-0.1, -0.05) is 121 Å². The average Bonchev–Trinajstić information content (AvgIpc) is 3.06. The number of carbonyl (C=O) groups excluding carboxylic acids is 1. The summed E-state index contributed by atoms with van der Waals surface area (Å²) in [6, 6.07) is 42.5. The number of benzene rings is 5. The van der Waals surface area contributed by atoms with Gasteiger partial charge in [-0.05, 0) is 41.3 Å². The quantitative estimate of drug-likeness (QED) is 0.127. The van der Waals surface area contributed by atoms with E-state index in [2.05, 4.69) is 10.5 Å². The molecule has 1 N–H and O–H groups in total. The molecule has 0 heterocycles.